The van der Waals surface area contributed by atoms with Gasteiger partial charge in [0.1, 0.15) is 6.10 Å². The number of fused-ring (bicyclic) bond motifs is 1. The quantitative estimate of drug-likeness (QED) is 0.643. The summed E-state index contributed by atoms with van der Waals surface area (Å²) in [6, 6.07) is 9.27. The van der Waals surface area contributed by atoms with Crippen molar-refractivity contribution in [2.24, 2.45) is 5.73 Å². The van der Waals surface area contributed by atoms with Crippen molar-refractivity contribution >= 4 is 16.7 Å². The fourth-order valence-corrected chi connectivity index (χ4v) is 1.49. The summed E-state index contributed by atoms with van der Waals surface area (Å²) in [7, 11) is 0. The average molecular weight is 204 g/mol. The Morgan fingerprint density at radius 1 is 1.47 bits per heavy atom. The van der Waals surface area contributed by atoms with Gasteiger partial charge in [-0.05, 0) is 12.1 Å². The largest absolute Gasteiger partial charge is 0.384 e. The number of carbonyl (C=O) groups is 1. The molecule has 2 aromatic rings. The minimum Gasteiger partial charge on any atom is -0.384 e. The molecule has 0 aliphatic heterocycles. The van der Waals surface area contributed by atoms with Crippen molar-refractivity contribution in [3.05, 3.63) is 36.0 Å². The van der Waals surface area contributed by atoms with Crippen molar-refractivity contribution in [1.29, 1.82) is 0 Å². The van der Waals surface area contributed by atoms with E-state index in [9.17, 15) is 9.90 Å². The van der Waals surface area contributed by atoms with Gasteiger partial charge in [-0.25, -0.2) is 0 Å². The highest BCUT2D eigenvalue weighted by atomic mass is 16.3. The number of aromatic nitrogens is 1. The molecule has 4 heteroatoms. The third-order valence-electron chi connectivity index (χ3n) is 2.32. The first kappa shape index (κ1) is 9.89. The predicted molar refractivity (Wildman–Crippen MR) is 57.7 cm³/mol. The van der Waals surface area contributed by atoms with E-state index in [1.807, 2.05) is 24.3 Å². The molecule has 0 fully saturated rings. The lowest BCUT2D eigenvalue weighted by Gasteiger charge is -2.03. The third kappa shape index (κ3) is 1.77. The summed E-state index contributed by atoms with van der Waals surface area (Å²) in [6.07, 6.45) is -1.13. The number of carbonyl (C=O) groups excluding carboxylic acids is 1. The van der Waals surface area contributed by atoms with E-state index >= 15 is 0 Å². The molecule has 1 aromatic heterocycles. The Balaban J connectivity index is 2.41. The van der Waals surface area contributed by atoms with Gasteiger partial charge in [-0.2, -0.15) is 0 Å². The number of hydrogen-bond acceptors (Lipinski definition) is 3. The van der Waals surface area contributed by atoms with Crippen molar-refractivity contribution in [3.8, 4) is 0 Å². The van der Waals surface area contributed by atoms with Gasteiger partial charge >= 0.3 is 0 Å². The number of aliphatic hydroxyl groups is 1. The van der Waals surface area contributed by atoms with E-state index in [1.54, 1.807) is 6.07 Å². The zero-order valence-corrected chi connectivity index (χ0v) is 8.10. The summed E-state index contributed by atoms with van der Waals surface area (Å²) < 4.78 is 0. The van der Waals surface area contributed by atoms with Gasteiger partial charge in [0.25, 0.3) is 0 Å². The maximum absolute atomic E-state index is 11.6. The number of hydrogen-bond donors (Lipinski definition) is 3. The second kappa shape index (κ2) is 3.84. The van der Waals surface area contributed by atoms with Gasteiger partial charge in [-0.3, -0.25) is 4.79 Å². The normalized spacial score (nSPS) is 12.9. The molecule has 4 nitrogen and oxygen atoms in total. The number of nitrogens with one attached hydrogen (secondary N) is 1. The molecule has 2 rings (SSSR count). The first-order chi connectivity index (χ1) is 7.22. The maximum atomic E-state index is 11.6. The SMILES string of the molecule is NCC(O)C(=O)c1cc2ccccc2[nH]1. The number of aromatic amines is 1. The Bertz CT molecular complexity index is 457. The Kier molecular flexibility index (Phi) is 2.53. The molecule has 1 aromatic carbocycles. The molecule has 15 heavy (non-hydrogen) atoms. The summed E-state index contributed by atoms with van der Waals surface area (Å²) in [6.45, 7) is -0.0613. The lowest BCUT2D eigenvalue weighted by Crippen LogP contribution is -2.29. The van der Waals surface area contributed by atoms with Crippen LogP contribution >= 0.6 is 0 Å². The molecule has 0 radical (unpaired) electrons. The molecule has 0 aliphatic rings. The van der Waals surface area contributed by atoms with Crippen molar-refractivity contribution < 1.29 is 9.90 Å². The summed E-state index contributed by atoms with van der Waals surface area (Å²) in [5.41, 5.74) is 6.50. The second-order valence-electron chi connectivity index (χ2n) is 3.39. The van der Waals surface area contributed by atoms with E-state index < -0.39 is 6.10 Å². The predicted octanol–water partition coefficient (Wildman–Crippen LogP) is 0.670. The minimum absolute atomic E-state index is 0.0613. The van der Waals surface area contributed by atoms with E-state index in [1.165, 1.54) is 0 Å². The van der Waals surface area contributed by atoms with Crippen LogP contribution in [0.4, 0.5) is 0 Å². The summed E-state index contributed by atoms with van der Waals surface area (Å²) in [5, 5.41) is 10.3. The fraction of sp³-hybridized carbons (Fsp3) is 0.182. The number of Topliss-reactive ketones (excluding diaryl/α,β-unsaturated/α-hetero) is 1. The summed E-state index contributed by atoms with van der Waals surface area (Å²) >= 11 is 0. The number of nitrogens with two attached hydrogens (primary N) is 1. The molecule has 0 saturated heterocycles. The van der Waals surface area contributed by atoms with Crippen LogP contribution in [0, 0.1) is 0 Å². The van der Waals surface area contributed by atoms with E-state index in [0.29, 0.717) is 5.69 Å². The van der Waals surface area contributed by atoms with Gasteiger partial charge in [0.15, 0.2) is 0 Å². The molecule has 0 saturated carbocycles. The van der Waals surface area contributed by atoms with Gasteiger partial charge in [0, 0.05) is 17.4 Å². The van der Waals surface area contributed by atoms with Gasteiger partial charge < -0.3 is 15.8 Å². The molecular weight excluding hydrogens is 192 g/mol. The third-order valence-corrected chi connectivity index (χ3v) is 2.32. The Morgan fingerprint density at radius 2 is 2.20 bits per heavy atom. The van der Waals surface area contributed by atoms with Crippen molar-refractivity contribution in [2.45, 2.75) is 6.10 Å². The molecule has 0 aliphatic carbocycles. The number of ketones is 1. The van der Waals surface area contributed by atoms with Gasteiger partial charge in [0.2, 0.25) is 5.78 Å². The van der Waals surface area contributed by atoms with Crippen LogP contribution in [-0.4, -0.2) is 28.5 Å². The number of benzene rings is 1. The smallest absolute Gasteiger partial charge is 0.208 e. The Hall–Kier alpha value is -1.65. The summed E-state index contributed by atoms with van der Waals surface area (Å²) in [4.78, 5) is 14.5. The van der Waals surface area contributed by atoms with E-state index in [2.05, 4.69) is 4.98 Å². The van der Waals surface area contributed by atoms with E-state index in [4.69, 9.17) is 5.73 Å². The average Bonchev–Trinajstić information content (AvgIpc) is 2.70. The summed E-state index contributed by atoms with van der Waals surface area (Å²) in [5.74, 6) is -0.367. The highest BCUT2D eigenvalue weighted by Gasteiger charge is 2.17. The molecule has 78 valence electrons. The van der Waals surface area contributed by atoms with Crippen LogP contribution in [0.25, 0.3) is 10.9 Å². The molecule has 1 unspecified atom stereocenters. The van der Waals surface area contributed by atoms with Crippen LogP contribution in [0.2, 0.25) is 0 Å². The standard InChI is InChI=1S/C11H12N2O2/c12-6-10(14)11(15)9-5-7-3-1-2-4-8(7)13-9/h1-5,10,13-14H,6,12H2. The van der Waals surface area contributed by atoms with Crippen LogP contribution in [0.3, 0.4) is 0 Å². The maximum Gasteiger partial charge on any atom is 0.208 e. The van der Waals surface area contributed by atoms with E-state index in [-0.39, 0.29) is 12.3 Å². The molecule has 1 atom stereocenters. The highest BCUT2D eigenvalue weighted by Crippen LogP contribution is 2.15. The Morgan fingerprint density at radius 3 is 2.87 bits per heavy atom. The van der Waals surface area contributed by atoms with Gasteiger partial charge in [0.05, 0.1) is 5.69 Å². The minimum atomic E-state index is -1.13. The highest BCUT2D eigenvalue weighted by molar-refractivity contribution is 6.01. The second-order valence-corrected chi connectivity index (χ2v) is 3.39. The molecule has 0 bridgehead atoms. The van der Waals surface area contributed by atoms with Crippen molar-refractivity contribution in [2.75, 3.05) is 6.54 Å². The van der Waals surface area contributed by atoms with Crippen LogP contribution < -0.4 is 5.73 Å². The first-order valence-electron chi connectivity index (χ1n) is 4.72. The number of rotatable bonds is 3. The lowest BCUT2D eigenvalue weighted by atomic mass is 10.1. The van der Waals surface area contributed by atoms with Crippen LogP contribution in [0.1, 0.15) is 10.5 Å². The van der Waals surface area contributed by atoms with Gasteiger partial charge in [-0.15, -0.1) is 0 Å². The first-order valence-corrected chi connectivity index (χ1v) is 4.72. The van der Waals surface area contributed by atoms with Crippen LogP contribution in [-0.2, 0) is 0 Å². The monoisotopic (exact) mass is 204 g/mol. The van der Waals surface area contributed by atoms with Crippen molar-refractivity contribution in [1.82, 2.24) is 4.98 Å². The zero-order valence-electron chi connectivity index (χ0n) is 8.10. The fourth-order valence-electron chi connectivity index (χ4n) is 1.49. The van der Waals surface area contributed by atoms with Crippen molar-refractivity contribution in [3.63, 3.8) is 0 Å². The van der Waals surface area contributed by atoms with Gasteiger partial charge in [-0.1, -0.05) is 18.2 Å². The lowest BCUT2D eigenvalue weighted by molar-refractivity contribution is 0.0758. The molecule has 1 heterocycles. The Labute approximate surface area is 86.7 Å². The number of aliphatic hydroxyl groups excluding tert-OH is 1. The van der Waals surface area contributed by atoms with E-state index in [0.717, 1.165) is 10.9 Å². The molecule has 4 N–H and O–H groups in total. The van der Waals surface area contributed by atoms with Crippen LogP contribution in [0.5, 0.6) is 0 Å². The zero-order chi connectivity index (χ0) is 10.8. The topological polar surface area (TPSA) is 79.1 Å². The number of H-pyrrole nitrogens is 1. The molecular formula is C11H12N2O2. The van der Waals surface area contributed by atoms with Crippen LogP contribution in [0.15, 0.2) is 30.3 Å². The number of para-hydroxylation sites is 1. The molecule has 0 spiro atoms. The molecule has 0 amide bonds.